The molecule has 1 aliphatic rings. The van der Waals surface area contributed by atoms with Crippen LogP contribution in [0.4, 0.5) is 4.39 Å². The largest absolute Gasteiger partial charge is 0.378 e. The first-order chi connectivity index (χ1) is 5.15. The van der Waals surface area contributed by atoms with Crippen molar-refractivity contribution < 1.29 is 9.13 Å². The maximum Gasteiger partial charge on any atom is 0.126 e. The molecule has 4 atom stereocenters. The summed E-state index contributed by atoms with van der Waals surface area (Å²) in [5, 5.41) is 0. The second-order valence-corrected chi connectivity index (χ2v) is 3.72. The van der Waals surface area contributed by atoms with Crippen molar-refractivity contribution in [3.05, 3.63) is 0 Å². The summed E-state index contributed by atoms with van der Waals surface area (Å²) in [6.07, 6.45) is 0.644. The standard InChI is InChI=1S/C9H17FO/c1-6-4-8(10)9(11-3)5-7(6)2/h6-9H,4-5H2,1-3H3/t6-,7-,8-,9-/m1/s1. The van der Waals surface area contributed by atoms with Crippen LogP contribution in [-0.4, -0.2) is 19.4 Å². The minimum atomic E-state index is -0.744. The van der Waals surface area contributed by atoms with Crippen molar-refractivity contribution in [2.75, 3.05) is 7.11 Å². The van der Waals surface area contributed by atoms with Crippen LogP contribution in [-0.2, 0) is 4.74 Å². The molecule has 0 N–H and O–H groups in total. The topological polar surface area (TPSA) is 9.23 Å². The minimum absolute atomic E-state index is 0.152. The molecule has 0 radical (unpaired) electrons. The second kappa shape index (κ2) is 3.53. The lowest BCUT2D eigenvalue weighted by molar-refractivity contribution is -0.0256. The van der Waals surface area contributed by atoms with E-state index in [-0.39, 0.29) is 6.10 Å². The molecule has 0 spiro atoms. The normalized spacial score (nSPS) is 45.8. The number of halogens is 1. The quantitative estimate of drug-likeness (QED) is 0.572. The molecule has 1 saturated carbocycles. The Hall–Kier alpha value is -0.110. The minimum Gasteiger partial charge on any atom is -0.378 e. The Morgan fingerprint density at radius 1 is 1.18 bits per heavy atom. The first-order valence-corrected chi connectivity index (χ1v) is 4.32. The maximum atomic E-state index is 13.1. The van der Waals surface area contributed by atoms with Crippen LogP contribution in [0, 0.1) is 11.8 Å². The Bertz CT molecular complexity index is 127. The summed E-state index contributed by atoms with van der Waals surface area (Å²) in [4.78, 5) is 0. The molecule has 11 heavy (non-hydrogen) atoms. The third-order valence-corrected chi connectivity index (χ3v) is 2.88. The van der Waals surface area contributed by atoms with Crippen LogP contribution in [0.15, 0.2) is 0 Å². The predicted octanol–water partition coefficient (Wildman–Crippen LogP) is 2.41. The summed E-state index contributed by atoms with van der Waals surface area (Å²) in [6.45, 7) is 4.28. The lowest BCUT2D eigenvalue weighted by atomic mass is 9.79. The first kappa shape index (κ1) is 8.98. The molecule has 0 unspecified atom stereocenters. The van der Waals surface area contributed by atoms with Gasteiger partial charge in [-0.15, -0.1) is 0 Å². The van der Waals surface area contributed by atoms with E-state index in [9.17, 15) is 4.39 Å². The predicted molar refractivity (Wildman–Crippen MR) is 43.3 cm³/mol. The molecular formula is C9H17FO. The zero-order valence-corrected chi connectivity index (χ0v) is 7.51. The van der Waals surface area contributed by atoms with E-state index in [0.717, 1.165) is 6.42 Å². The van der Waals surface area contributed by atoms with Crippen molar-refractivity contribution in [3.63, 3.8) is 0 Å². The first-order valence-electron chi connectivity index (χ1n) is 4.32. The summed E-state index contributed by atoms with van der Waals surface area (Å²) in [6, 6.07) is 0. The summed E-state index contributed by atoms with van der Waals surface area (Å²) >= 11 is 0. The Morgan fingerprint density at radius 2 is 1.73 bits per heavy atom. The van der Waals surface area contributed by atoms with Crippen LogP contribution in [0.2, 0.25) is 0 Å². The van der Waals surface area contributed by atoms with Gasteiger partial charge in [-0.2, -0.15) is 0 Å². The van der Waals surface area contributed by atoms with Gasteiger partial charge in [-0.05, 0) is 24.7 Å². The van der Waals surface area contributed by atoms with Gasteiger partial charge in [0.15, 0.2) is 0 Å². The average Bonchev–Trinajstić information content (AvgIpc) is 1.97. The SMILES string of the molecule is CO[C@@H]1C[C@@H](C)[C@H](C)C[C@H]1F. The van der Waals surface area contributed by atoms with Gasteiger partial charge >= 0.3 is 0 Å². The fourth-order valence-electron chi connectivity index (χ4n) is 1.73. The van der Waals surface area contributed by atoms with Crippen molar-refractivity contribution in [2.45, 2.75) is 39.0 Å². The van der Waals surface area contributed by atoms with Gasteiger partial charge in [-0.1, -0.05) is 13.8 Å². The van der Waals surface area contributed by atoms with Crippen LogP contribution < -0.4 is 0 Å². The molecule has 1 rings (SSSR count). The number of hydrogen-bond acceptors (Lipinski definition) is 1. The van der Waals surface area contributed by atoms with Crippen LogP contribution in [0.1, 0.15) is 26.7 Å². The molecule has 0 bridgehead atoms. The van der Waals surface area contributed by atoms with E-state index in [0.29, 0.717) is 18.3 Å². The van der Waals surface area contributed by atoms with E-state index >= 15 is 0 Å². The summed E-state index contributed by atoms with van der Waals surface area (Å²) in [5.41, 5.74) is 0. The monoisotopic (exact) mass is 160 g/mol. The molecule has 1 aliphatic carbocycles. The number of methoxy groups -OCH3 is 1. The van der Waals surface area contributed by atoms with Gasteiger partial charge < -0.3 is 4.74 Å². The van der Waals surface area contributed by atoms with E-state index < -0.39 is 6.17 Å². The lowest BCUT2D eigenvalue weighted by Gasteiger charge is -2.33. The van der Waals surface area contributed by atoms with Gasteiger partial charge in [-0.25, -0.2) is 4.39 Å². The van der Waals surface area contributed by atoms with Crippen LogP contribution in [0.25, 0.3) is 0 Å². The van der Waals surface area contributed by atoms with E-state index in [1.54, 1.807) is 7.11 Å². The van der Waals surface area contributed by atoms with Crippen molar-refractivity contribution >= 4 is 0 Å². The molecule has 0 heterocycles. The molecule has 1 nitrogen and oxygen atoms in total. The van der Waals surface area contributed by atoms with Gasteiger partial charge in [0.05, 0.1) is 6.10 Å². The van der Waals surface area contributed by atoms with Crippen LogP contribution in [0.3, 0.4) is 0 Å². The van der Waals surface area contributed by atoms with Gasteiger partial charge in [-0.3, -0.25) is 0 Å². The molecule has 66 valence electrons. The molecule has 2 heteroatoms. The number of rotatable bonds is 1. The molecular weight excluding hydrogens is 143 g/mol. The summed E-state index contributed by atoms with van der Waals surface area (Å²) in [5.74, 6) is 1.11. The molecule has 0 saturated heterocycles. The van der Waals surface area contributed by atoms with Gasteiger partial charge in [0, 0.05) is 7.11 Å². The Morgan fingerprint density at radius 3 is 2.27 bits per heavy atom. The highest BCUT2D eigenvalue weighted by Gasteiger charge is 2.32. The zero-order chi connectivity index (χ0) is 8.43. The molecule has 0 aromatic carbocycles. The second-order valence-electron chi connectivity index (χ2n) is 3.72. The third kappa shape index (κ3) is 1.92. The highest BCUT2D eigenvalue weighted by atomic mass is 19.1. The average molecular weight is 160 g/mol. The highest BCUT2D eigenvalue weighted by molar-refractivity contribution is 4.82. The number of ether oxygens (including phenoxy) is 1. The fourth-order valence-corrected chi connectivity index (χ4v) is 1.73. The Kier molecular flexibility index (Phi) is 2.88. The number of alkyl halides is 1. The van der Waals surface area contributed by atoms with E-state index in [1.165, 1.54) is 0 Å². The molecule has 0 aromatic heterocycles. The van der Waals surface area contributed by atoms with Crippen molar-refractivity contribution in [1.82, 2.24) is 0 Å². The van der Waals surface area contributed by atoms with Crippen molar-refractivity contribution in [1.29, 1.82) is 0 Å². The molecule has 0 amide bonds. The summed E-state index contributed by atoms with van der Waals surface area (Å²) < 4.78 is 18.2. The molecule has 1 fully saturated rings. The Balaban J connectivity index is 2.48. The molecule has 0 aliphatic heterocycles. The smallest absolute Gasteiger partial charge is 0.126 e. The van der Waals surface area contributed by atoms with Crippen molar-refractivity contribution in [2.24, 2.45) is 11.8 Å². The highest BCUT2D eigenvalue weighted by Crippen LogP contribution is 2.32. The molecule has 0 aromatic rings. The van der Waals surface area contributed by atoms with Gasteiger partial charge in [0.2, 0.25) is 0 Å². The van der Waals surface area contributed by atoms with E-state index in [4.69, 9.17) is 4.74 Å². The lowest BCUT2D eigenvalue weighted by Crippen LogP contribution is -2.35. The van der Waals surface area contributed by atoms with E-state index in [1.807, 2.05) is 0 Å². The van der Waals surface area contributed by atoms with Crippen LogP contribution >= 0.6 is 0 Å². The van der Waals surface area contributed by atoms with Crippen molar-refractivity contribution in [3.8, 4) is 0 Å². The van der Waals surface area contributed by atoms with Gasteiger partial charge in [0.1, 0.15) is 6.17 Å². The number of hydrogen-bond donors (Lipinski definition) is 0. The van der Waals surface area contributed by atoms with Gasteiger partial charge in [0.25, 0.3) is 0 Å². The van der Waals surface area contributed by atoms with Crippen LogP contribution in [0.5, 0.6) is 0 Å². The Labute approximate surface area is 67.9 Å². The third-order valence-electron chi connectivity index (χ3n) is 2.88. The zero-order valence-electron chi connectivity index (χ0n) is 7.51. The van der Waals surface area contributed by atoms with E-state index in [2.05, 4.69) is 13.8 Å². The maximum absolute atomic E-state index is 13.1. The summed E-state index contributed by atoms with van der Waals surface area (Å²) in [7, 11) is 1.60. The fraction of sp³-hybridized carbons (Fsp3) is 1.00.